The summed E-state index contributed by atoms with van der Waals surface area (Å²) in [5.41, 5.74) is 2.82. The van der Waals surface area contributed by atoms with Crippen LogP contribution in [0.1, 0.15) is 27.9 Å². The number of halogens is 1. The molecule has 0 unspecified atom stereocenters. The molecule has 2 aromatic rings. The lowest BCUT2D eigenvalue weighted by Crippen LogP contribution is -2.00. The fourth-order valence-electron chi connectivity index (χ4n) is 2.50. The number of aromatic carboxylic acids is 1. The fraction of sp³-hybridized carbons (Fsp3) is 0.188. The van der Waals surface area contributed by atoms with Crippen LogP contribution >= 0.6 is 15.9 Å². The first kappa shape index (κ1) is 13.2. The van der Waals surface area contributed by atoms with E-state index in [0.29, 0.717) is 11.5 Å². The molecule has 0 radical (unpaired) electrons. The monoisotopic (exact) mass is 332 g/mol. The van der Waals surface area contributed by atoms with Gasteiger partial charge in [0.1, 0.15) is 17.1 Å². The van der Waals surface area contributed by atoms with E-state index >= 15 is 0 Å². The third kappa shape index (κ3) is 2.56. The zero-order valence-electron chi connectivity index (χ0n) is 10.7. The Balaban J connectivity index is 1.93. The van der Waals surface area contributed by atoms with Crippen molar-refractivity contribution in [2.75, 3.05) is 0 Å². The van der Waals surface area contributed by atoms with E-state index in [9.17, 15) is 9.90 Å². The quantitative estimate of drug-likeness (QED) is 0.904. The van der Waals surface area contributed by atoms with Crippen molar-refractivity contribution in [3.8, 4) is 11.5 Å². The molecule has 0 saturated carbocycles. The molecule has 0 aromatic heterocycles. The second kappa shape index (κ2) is 5.29. The predicted molar refractivity (Wildman–Crippen MR) is 79.6 cm³/mol. The average Bonchev–Trinajstić information content (AvgIpc) is 2.88. The van der Waals surface area contributed by atoms with E-state index in [2.05, 4.69) is 22.0 Å². The molecule has 0 amide bonds. The standard InChI is InChI=1S/C16H13BrO3/c17-12-5-7-15(14(9-12)16(18)19)20-13-6-4-10-2-1-3-11(10)8-13/h4-9H,1-3H2,(H,18,19). The highest BCUT2D eigenvalue weighted by Gasteiger charge is 2.15. The number of hydrogen-bond acceptors (Lipinski definition) is 2. The summed E-state index contributed by atoms with van der Waals surface area (Å²) in [6, 6.07) is 11.0. The van der Waals surface area contributed by atoms with Crippen molar-refractivity contribution in [3.63, 3.8) is 0 Å². The van der Waals surface area contributed by atoms with Crippen molar-refractivity contribution >= 4 is 21.9 Å². The minimum absolute atomic E-state index is 0.153. The van der Waals surface area contributed by atoms with E-state index in [4.69, 9.17) is 4.74 Å². The molecule has 0 heterocycles. The smallest absolute Gasteiger partial charge is 0.339 e. The van der Waals surface area contributed by atoms with Gasteiger partial charge in [0.2, 0.25) is 0 Å². The van der Waals surface area contributed by atoms with Crippen LogP contribution in [0.4, 0.5) is 0 Å². The number of hydrogen-bond donors (Lipinski definition) is 1. The Morgan fingerprint density at radius 2 is 1.90 bits per heavy atom. The lowest BCUT2D eigenvalue weighted by Gasteiger charge is -2.10. The van der Waals surface area contributed by atoms with Gasteiger partial charge >= 0.3 is 5.97 Å². The van der Waals surface area contributed by atoms with Crippen LogP contribution in [0.3, 0.4) is 0 Å². The lowest BCUT2D eigenvalue weighted by atomic mass is 10.1. The van der Waals surface area contributed by atoms with Gasteiger partial charge in [-0.3, -0.25) is 0 Å². The summed E-state index contributed by atoms with van der Waals surface area (Å²) >= 11 is 3.27. The van der Waals surface area contributed by atoms with E-state index < -0.39 is 5.97 Å². The highest BCUT2D eigenvalue weighted by Crippen LogP contribution is 2.31. The summed E-state index contributed by atoms with van der Waals surface area (Å²) in [5, 5.41) is 9.22. The van der Waals surface area contributed by atoms with Gasteiger partial charge < -0.3 is 9.84 Å². The average molecular weight is 333 g/mol. The maximum Gasteiger partial charge on any atom is 0.339 e. The number of benzene rings is 2. The molecule has 0 bridgehead atoms. The van der Waals surface area contributed by atoms with E-state index in [0.717, 1.165) is 17.3 Å². The third-order valence-corrected chi connectivity index (χ3v) is 3.96. The van der Waals surface area contributed by atoms with Crippen molar-refractivity contribution in [1.29, 1.82) is 0 Å². The van der Waals surface area contributed by atoms with Gasteiger partial charge in [-0.2, -0.15) is 0 Å². The van der Waals surface area contributed by atoms with E-state index in [1.54, 1.807) is 18.2 Å². The number of aryl methyl sites for hydroxylation is 2. The van der Waals surface area contributed by atoms with Gasteiger partial charge in [0.05, 0.1) is 0 Å². The second-order valence-corrected chi connectivity index (χ2v) is 5.75. The van der Waals surface area contributed by atoms with Crippen LogP contribution in [-0.2, 0) is 12.8 Å². The zero-order chi connectivity index (χ0) is 14.1. The van der Waals surface area contributed by atoms with Crippen LogP contribution < -0.4 is 4.74 Å². The van der Waals surface area contributed by atoms with Gasteiger partial charge in [-0.15, -0.1) is 0 Å². The fourth-order valence-corrected chi connectivity index (χ4v) is 2.86. The molecule has 1 aliphatic rings. The van der Waals surface area contributed by atoms with Crippen molar-refractivity contribution in [2.24, 2.45) is 0 Å². The van der Waals surface area contributed by atoms with Gasteiger partial charge in [0.25, 0.3) is 0 Å². The topological polar surface area (TPSA) is 46.5 Å². The Bertz CT molecular complexity index is 679. The van der Waals surface area contributed by atoms with Crippen molar-refractivity contribution in [2.45, 2.75) is 19.3 Å². The summed E-state index contributed by atoms with van der Waals surface area (Å²) in [5.74, 6) is 0.0524. The Hall–Kier alpha value is -1.81. The minimum Gasteiger partial charge on any atom is -0.478 e. The maximum absolute atomic E-state index is 11.3. The molecular weight excluding hydrogens is 320 g/mol. The normalized spacial score (nSPS) is 13.1. The highest BCUT2D eigenvalue weighted by molar-refractivity contribution is 9.10. The van der Waals surface area contributed by atoms with Gasteiger partial charge in [0, 0.05) is 4.47 Å². The summed E-state index contributed by atoms with van der Waals surface area (Å²) in [6.07, 6.45) is 3.37. The molecule has 102 valence electrons. The van der Waals surface area contributed by atoms with Crippen molar-refractivity contribution in [3.05, 3.63) is 57.6 Å². The summed E-state index contributed by atoms with van der Waals surface area (Å²) in [7, 11) is 0. The molecule has 2 aromatic carbocycles. The van der Waals surface area contributed by atoms with Gasteiger partial charge in [-0.25, -0.2) is 4.79 Å². The number of carbonyl (C=O) groups is 1. The van der Waals surface area contributed by atoms with Crippen LogP contribution in [0.2, 0.25) is 0 Å². The summed E-state index contributed by atoms with van der Waals surface area (Å²) < 4.78 is 6.47. The van der Waals surface area contributed by atoms with Gasteiger partial charge in [-0.1, -0.05) is 22.0 Å². The Morgan fingerprint density at radius 1 is 1.10 bits per heavy atom. The first-order valence-electron chi connectivity index (χ1n) is 6.46. The SMILES string of the molecule is O=C(O)c1cc(Br)ccc1Oc1ccc2c(c1)CCC2. The van der Waals surface area contributed by atoms with Crippen LogP contribution in [-0.4, -0.2) is 11.1 Å². The molecule has 3 rings (SSSR count). The predicted octanol–water partition coefficient (Wildman–Crippen LogP) is 4.43. The molecule has 4 heteroatoms. The number of rotatable bonds is 3. The molecule has 1 aliphatic carbocycles. The molecule has 0 fully saturated rings. The minimum atomic E-state index is -0.998. The first-order chi connectivity index (χ1) is 9.63. The van der Waals surface area contributed by atoms with Crippen molar-refractivity contribution in [1.82, 2.24) is 0 Å². The Morgan fingerprint density at radius 3 is 2.70 bits per heavy atom. The lowest BCUT2D eigenvalue weighted by molar-refractivity contribution is 0.0694. The highest BCUT2D eigenvalue weighted by atomic mass is 79.9. The van der Waals surface area contributed by atoms with E-state index in [1.165, 1.54) is 17.5 Å². The molecule has 20 heavy (non-hydrogen) atoms. The first-order valence-corrected chi connectivity index (χ1v) is 7.25. The van der Waals surface area contributed by atoms with Gasteiger partial charge in [0.15, 0.2) is 0 Å². The Kier molecular flexibility index (Phi) is 3.49. The number of ether oxygens (including phenoxy) is 1. The molecule has 0 spiro atoms. The number of carboxylic acid groups (broad SMARTS) is 1. The van der Waals surface area contributed by atoms with Crippen LogP contribution in [0, 0.1) is 0 Å². The van der Waals surface area contributed by atoms with Gasteiger partial charge in [-0.05, 0) is 60.7 Å². The molecule has 0 aliphatic heterocycles. The maximum atomic E-state index is 11.3. The number of fused-ring (bicyclic) bond motifs is 1. The Labute approximate surface area is 125 Å². The molecule has 0 saturated heterocycles. The van der Waals surface area contributed by atoms with Crippen LogP contribution in [0.5, 0.6) is 11.5 Å². The number of carboxylic acids is 1. The van der Waals surface area contributed by atoms with E-state index in [1.807, 2.05) is 12.1 Å². The second-order valence-electron chi connectivity index (χ2n) is 4.83. The largest absolute Gasteiger partial charge is 0.478 e. The van der Waals surface area contributed by atoms with Crippen molar-refractivity contribution < 1.29 is 14.6 Å². The molecule has 3 nitrogen and oxygen atoms in total. The molecular formula is C16H13BrO3. The third-order valence-electron chi connectivity index (χ3n) is 3.47. The van der Waals surface area contributed by atoms with Crippen LogP contribution in [0.25, 0.3) is 0 Å². The summed E-state index contributed by atoms with van der Waals surface area (Å²) in [4.78, 5) is 11.3. The van der Waals surface area contributed by atoms with E-state index in [-0.39, 0.29) is 5.56 Å². The van der Waals surface area contributed by atoms with Crippen LogP contribution in [0.15, 0.2) is 40.9 Å². The zero-order valence-corrected chi connectivity index (χ0v) is 12.3. The summed E-state index contributed by atoms with van der Waals surface area (Å²) in [6.45, 7) is 0. The molecule has 1 N–H and O–H groups in total. The molecule has 0 atom stereocenters.